The molecule has 0 radical (unpaired) electrons. The van der Waals surface area contributed by atoms with Gasteiger partial charge in [-0.15, -0.1) is 0 Å². The zero-order chi connectivity index (χ0) is 18.4. The summed E-state index contributed by atoms with van der Waals surface area (Å²) in [7, 11) is 1.70. The highest BCUT2D eigenvalue weighted by atomic mass is 16.6. The average molecular weight is 347 g/mol. The standard InChI is InChI=1S/C19H29N3O3/c1-19(2,3)25-18(24)21(4)12-6-8-17(23)22(16-9-10-16)14-15-7-5-11-20-13-15/h5,7,11,13,16H,6,8-10,12,14H2,1-4H3. The van der Waals surface area contributed by atoms with Crippen LogP contribution >= 0.6 is 0 Å². The zero-order valence-electron chi connectivity index (χ0n) is 15.7. The first-order valence-corrected chi connectivity index (χ1v) is 8.89. The van der Waals surface area contributed by atoms with Crippen LogP contribution in [-0.4, -0.2) is 52.0 Å². The van der Waals surface area contributed by atoms with Crippen molar-refractivity contribution in [1.82, 2.24) is 14.8 Å². The first-order valence-electron chi connectivity index (χ1n) is 8.89. The molecule has 0 spiro atoms. The lowest BCUT2D eigenvalue weighted by Gasteiger charge is -2.25. The highest BCUT2D eigenvalue weighted by Gasteiger charge is 2.32. The lowest BCUT2D eigenvalue weighted by molar-refractivity contribution is -0.132. The lowest BCUT2D eigenvalue weighted by atomic mass is 10.2. The van der Waals surface area contributed by atoms with E-state index < -0.39 is 5.60 Å². The minimum atomic E-state index is -0.506. The molecule has 0 bridgehead atoms. The second-order valence-electron chi connectivity index (χ2n) is 7.62. The Morgan fingerprint density at radius 3 is 2.60 bits per heavy atom. The minimum Gasteiger partial charge on any atom is -0.444 e. The molecule has 1 aliphatic carbocycles. The number of carbonyl (C=O) groups excluding carboxylic acids is 2. The van der Waals surface area contributed by atoms with E-state index in [2.05, 4.69) is 4.98 Å². The molecule has 1 heterocycles. The smallest absolute Gasteiger partial charge is 0.410 e. The Balaban J connectivity index is 1.78. The Morgan fingerprint density at radius 1 is 1.32 bits per heavy atom. The van der Waals surface area contributed by atoms with Gasteiger partial charge in [-0.1, -0.05) is 6.07 Å². The van der Waals surface area contributed by atoms with Gasteiger partial charge in [0.15, 0.2) is 0 Å². The summed E-state index contributed by atoms with van der Waals surface area (Å²) in [5.74, 6) is 0.143. The summed E-state index contributed by atoms with van der Waals surface area (Å²) in [6, 6.07) is 4.24. The van der Waals surface area contributed by atoms with Crippen molar-refractivity contribution in [1.29, 1.82) is 0 Å². The van der Waals surface area contributed by atoms with Crippen LogP contribution in [0.15, 0.2) is 24.5 Å². The second-order valence-corrected chi connectivity index (χ2v) is 7.62. The van der Waals surface area contributed by atoms with Crippen LogP contribution in [0.25, 0.3) is 0 Å². The molecule has 25 heavy (non-hydrogen) atoms. The van der Waals surface area contributed by atoms with E-state index in [1.54, 1.807) is 19.4 Å². The van der Waals surface area contributed by atoms with Crippen LogP contribution in [0.1, 0.15) is 52.0 Å². The van der Waals surface area contributed by atoms with Gasteiger partial charge in [0, 0.05) is 45.0 Å². The SMILES string of the molecule is CN(CCCC(=O)N(Cc1cccnc1)C1CC1)C(=O)OC(C)(C)C. The van der Waals surface area contributed by atoms with Crippen LogP contribution in [-0.2, 0) is 16.1 Å². The predicted octanol–water partition coefficient (Wildman–Crippen LogP) is 3.22. The zero-order valence-corrected chi connectivity index (χ0v) is 15.7. The number of aromatic nitrogens is 1. The highest BCUT2D eigenvalue weighted by molar-refractivity contribution is 5.77. The molecule has 138 valence electrons. The summed E-state index contributed by atoms with van der Waals surface area (Å²) in [5, 5.41) is 0. The molecule has 1 fully saturated rings. The molecule has 6 heteroatoms. The molecule has 6 nitrogen and oxygen atoms in total. The van der Waals surface area contributed by atoms with Gasteiger partial charge in [0.1, 0.15) is 5.60 Å². The number of ether oxygens (including phenoxy) is 1. The van der Waals surface area contributed by atoms with E-state index in [9.17, 15) is 9.59 Å². The molecule has 1 saturated carbocycles. The Hall–Kier alpha value is -2.11. The van der Waals surface area contributed by atoms with Crippen LogP contribution in [0.2, 0.25) is 0 Å². The van der Waals surface area contributed by atoms with Crippen LogP contribution < -0.4 is 0 Å². The molecule has 0 N–H and O–H groups in total. The summed E-state index contributed by atoms with van der Waals surface area (Å²) in [5.41, 5.74) is 0.543. The van der Waals surface area contributed by atoms with Crippen molar-refractivity contribution in [3.8, 4) is 0 Å². The minimum absolute atomic E-state index is 0.143. The van der Waals surface area contributed by atoms with Crippen LogP contribution in [0.5, 0.6) is 0 Å². The fraction of sp³-hybridized carbons (Fsp3) is 0.632. The quantitative estimate of drug-likeness (QED) is 0.760. The first-order chi connectivity index (χ1) is 11.8. The number of nitrogens with zero attached hydrogens (tertiary/aromatic N) is 3. The largest absolute Gasteiger partial charge is 0.444 e. The molecule has 0 aliphatic heterocycles. The summed E-state index contributed by atoms with van der Waals surface area (Å²) < 4.78 is 5.32. The van der Waals surface area contributed by atoms with Crippen molar-refractivity contribution in [2.24, 2.45) is 0 Å². The van der Waals surface area contributed by atoms with Crippen molar-refractivity contribution in [2.45, 2.75) is 64.6 Å². The molecular formula is C19H29N3O3. The molecule has 1 aromatic rings. The van der Waals surface area contributed by atoms with Gasteiger partial charge >= 0.3 is 6.09 Å². The Morgan fingerprint density at radius 2 is 2.04 bits per heavy atom. The van der Waals surface area contributed by atoms with Gasteiger partial charge in [-0.25, -0.2) is 4.79 Å². The fourth-order valence-electron chi connectivity index (χ4n) is 2.54. The second kappa shape index (κ2) is 8.32. The third-order valence-corrected chi connectivity index (χ3v) is 3.97. The summed E-state index contributed by atoms with van der Waals surface area (Å²) in [4.78, 5) is 32.1. The van der Waals surface area contributed by atoms with Crippen LogP contribution in [0.4, 0.5) is 4.79 Å². The maximum absolute atomic E-state index is 12.6. The molecule has 1 aliphatic rings. The number of carbonyl (C=O) groups is 2. The van der Waals surface area contributed by atoms with E-state index in [-0.39, 0.29) is 12.0 Å². The molecule has 1 aromatic heterocycles. The number of pyridine rings is 1. The molecule has 0 aromatic carbocycles. The van der Waals surface area contributed by atoms with Crippen molar-refractivity contribution in [2.75, 3.05) is 13.6 Å². The third-order valence-electron chi connectivity index (χ3n) is 3.97. The number of rotatable bonds is 7. The Kier molecular flexibility index (Phi) is 6.39. The van der Waals surface area contributed by atoms with Crippen molar-refractivity contribution in [3.05, 3.63) is 30.1 Å². The summed E-state index contributed by atoms with van der Waals surface area (Å²) in [6.07, 6.45) is 6.40. The average Bonchev–Trinajstić information content (AvgIpc) is 3.36. The normalized spacial score (nSPS) is 14.1. The van der Waals surface area contributed by atoms with E-state index in [4.69, 9.17) is 4.74 Å². The Labute approximate surface area is 150 Å². The van der Waals surface area contributed by atoms with Crippen LogP contribution in [0, 0.1) is 0 Å². The maximum atomic E-state index is 12.6. The van der Waals surface area contributed by atoms with Gasteiger partial charge in [-0.05, 0) is 51.7 Å². The van der Waals surface area contributed by atoms with Gasteiger partial charge in [-0.3, -0.25) is 9.78 Å². The highest BCUT2D eigenvalue weighted by Crippen LogP contribution is 2.29. The molecule has 0 atom stereocenters. The van der Waals surface area contributed by atoms with Crippen molar-refractivity contribution < 1.29 is 14.3 Å². The molecule has 0 unspecified atom stereocenters. The lowest BCUT2D eigenvalue weighted by Crippen LogP contribution is -2.36. The number of hydrogen-bond acceptors (Lipinski definition) is 4. The van der Waals surface area contributed by atoms with Gasteiger partial charge in [0.2, 0.25) is 5.91 Å². The van der Waals surface area contributed by atoms with Gasteiger partial charge in [0.05, 0.1) is 0 Å². The van der Waals surface area contributed by atoms with Gasteiger partial charge in [-0.2, -0.15) is 0 Å². The van der Waals surface area contributed by atoms with E-state index in [0.29, 0.717) is 32.0 Å². The first kappa shape index (κ1) is 19.2. The monoisotopic (exact) mass is 347 g/mol. The summed E-state index contributed by atoms with van der Waals surface area (Å²) >= 11 is 0. The predicted molar refractivity (Wildman–Crippen MR) is 95.9 cm³/mol. The van der Waals surface area contributed by atoms with E-state index in [0.717, 1.165) is 18.4 Å². The van der Waals surface area contributed by atoms with Crippen LogP contribution in [0.3, 0.4) is 0 Å². The molecule has 2 amide bonds. The van der Waals surface area contributed by atoms with Crippen molar-refractivity contribution in [3.63, 3.8) is 0 Å². The fourth-order valence-corrected chi connectivity index (χ4v) is 2.54. The molecule has 2 rings (SSSR count). The Bertz CT molecular complexity index is 579. The molecule has 0 saturated heterocycles. The van der Waals surface area contributed by atoms with E-state index in [1.807, 2.05) is 37.8 Å². The van der Waals surface area contributed by atoms with E-state index >= 15 is 0 Å². The maximum Gasteiger partial charge on any atom is 0.410 e. The topological polar surface area (TPSA) is 62.7 Å². The van der Waals surface area contributed by atoms with Gasteiger partial charge < -0.3 is 14.5 Å². The number of hydrogen-bond donors (Lipinski definition) is 0. The van der Waals surface area contributed by atoms with Gasteiger partial charge in [0.25, 0.3) is 0 Å². The van der Waals surface area contributed by atoms with Crippen molar-refractivity contribution >= 4 is 12.0 Å². The number of amides is 2. The molecular weight excluding hydrogens is 318 g/mol. The summed E-state index contributed by atoms with van der Waals surface area (Å²) in [6.45, 7) is 6.64. The third kappa shape index (κ3) is 6.72. The van der Waals surface area contributed by atoms with E-state index in [1.165, 1.54) is 4.90 Å².